The number of thiophene rings is 1. The number of hydrogen-bond donors (Lipinski definition) is 2. The van der Waals surface area contributed by atoms with Gasteiger partial charge in [0.05, 0.1) is 22.5 Å². The van der Waals surface area contributed by atoms with Crippen molar-refractivity contribution in [3.63, 3.8) is 0 Å². The number of hydrogen-bond acceptors (Lipinski definition) is 6. The molecule has 4 aromatic rings. The fourth-order valence-corrected chi connectivity index (χ4v) is 4.62. The Labute approximate surface area is 190 Å². The molecule has 0 atom stereocenters. The first-order valence-electron chi connectivity index (χ1n) is 10.5. The molecule has 0 saturated carbocycles. The lowest BCUT2D eigenvalue weighted by Crippen LogP contribution is -2.21. The third kappa shape index (κ3) is 4.22. The van der Waals surface area contributed by atoms with Crippen LogP contribution in [0.4, 0.5) is 5.69 Å². The Kier molecular flexibility index (Phi) is 6.23. The summed E-state index contributed by atoms with van der Waals surface area (Å²) in [5.41, 5.74) is 5.84. The summed E-state index contributed by atoms with van der Waals surface area (Å²) >= 11 is 1.37. The number of nitrogens with zero attached hydrogens (tertiary/aromatic N) is 4. The standard InChI is InChI=1S/C24H25N5O2S/c1-4-28(5-2)19-12-11-17(21(30)13-19)15-25-26-23(31)22-14-20-16(3)27-29(24(20)32-22)18-9-7-6-8-10-18/h6-15,30H,4-5H2,1-3H3,(H,26,31)/b25-15+. The molecule has 164 valence electrons. The van der Waals surface area contributed by atoms with E-state index in [0.29, 0.717) is 10.4 Å². The van der Waals surface area contributed by atoms with Crippen LogP contribution in [-0.4, -0.2) is 40.1 Å². The monoisotopic (exact) mass is 447 g/mol. The minimum absolute atomic E-state index is 0.118. The summed E-state index contributed by atoms with van der Waals surface area (Å²) in [4.78, 5) is 16.3. The van der Waals surface area contributed by atoms with Crippen molar-refractivity contribution >= 4 is 39.4 Å². The molecular weight excluding hydrogens is 422 g/mol. The van der Waals surface area contributed by atoms with Gasteiger partial charge in [-0.05, 0) is 51.1 Å². The summed E-state index contributed by atoms with van der Waals surface area (Å²) in [6.07, 6.45) is 1.45. The summed E-state index contributed by atoms with van der Waals surface area (Å²) in [7, 11) is 0. The molecule has 32 heavy (non-hydrogen) atoms. The first-order valence-corrected chi connectivity index (χ1v) is 11.3. The van der Waals surface area contributed by atoms with E-state index in [1.165, 1.54) is 17.6 Å². The van der Waals surface area contributed by atoms with Crippen LogP contribution in [0.5, 0.6) is 5.75 Å². The van der Waals surface area contributed by atoms with Gasteiger partial charge >= 0.3 is 0 Å². The lowest BCUT2D eigenvalue weighted by Gasteiger charge is -2.21. The first kappa shape index (κ1) is 21.6. The maximum Gasteiger partial charge on any atom is 0.281 e. The van der Waals surface area contributed by atoms with E-state index in [9.17, 15) is 9.90 Å². The Morgan fingerprint density at radius 3 is 2.62 bits per heavy atom. The minimum atomic E-state index is -0.305. The molecule has 2 aromatic heterocycles. The molecule has 2 aromatic carbocycles. The maximum atomic E-state index is 12.7. The van der Waals surface area contributed by atoms with E-state index < -0.39 is 0 Å². The molecule has 2 heterocycles. The number of aromatic nitrogens is 2. The number of para-hydroxylation sites is 1. The SMILES string of the molecule is CCN(CC)c1ccc(/C=N/NC(=O)c2cc3c(C)nn(-c4ccccc4)c3s2)c(O)c1. The topological polar surface area (TPSA) is 82.8 Å². The highest BCUT2D eigenvalue weighted by molar-refractivity contribution is 7.20. The average molecular weight is 448 g/mol. The summed E-state index contributed by atoms with van der Waals surface area (Å²) < 4.78 is 1.85. The van der Waals surface area contributed by atoms with Crippen molar-refractivity contribution in [2.24, 2.45) is 5.10 Å². The number of nitrogens with one attached hydrogen (secondary N) is 1. The highest BCUT2D eigenvalue weighted by Gasteiger charge is 2.17. The van der Waals surface area contributed by atoms with Crippen molar-refractivity contribution < 1.29 is 9.90 Å². The molecule has 2 N–H and O–H groups in total. The summed E-state index contributed by atoms with van der Waals surface area (Å²) in [6, 6.07) is 17.1. The molecule has 0 unspecified atom stereocenters. The number of rotatable bonds is 7. The number of anilines is 1. The zero-order valence-corrected chi connectivity index (χ0v) is 19.1. The van der Waals surface area contributed by atoms with Gasteiger partial charge in [-0.1, -0.05) is 18.2 Å². The number of fused-ring (bicyclic) bond motifs is 1. The number of carbonyl (C=O) groups excluding carboxylic acids is 1. The van der Waals surface area contributed by atoms with Crippen LogP contribution in [0.3, 0.4) is 0 Å². The Morgan fingerprint density at radius 2 is 1.94 bits per heavy atom. The Morgan fingerprint density at radius 1 is 1.19 bits per heavy atom. The summed E-state index contributed by atoms with van der Waals surface area (Å²) in [5.74, 6) is -0.187. The molecule has 0 bridgehead atoms. The highest BCUT2D eigenvalue weighted by atomic mass is 32.1. The highest BCUT2D eigenvalue weighted by Crippen LogP contribution is 2.30. The van der Waals surface area contributed by atoms with E-state index >= 15 is 0 Å². The second kappa shape index (κ2) is 9.23. The maximum absolute atomic E-state index is 12.7. The lowest BCUT2D eigenvalue weighted by atomic mass is 10.2. The molecule has 0 fully saturated rings. The molecule has 0 spiro atoms. The molecular formula is C24H25N5O2S. The molecule has 8 heteroatoms. The third-order valence-corrected chi connectivity index (χ3v) is 6.39. The van der Waals surface area contributed by atoms with E-state index in [-0.39, 0.29) is 11.7 Å². The quantitative estimate of drug-likeness (QED) is 0.317. The number of phenolic OH excluding ortho intramolecular Hbond substituents is 1. The van der Waals surface area contributed by atoms with E-state index in [4.69, 9.17) is 0 Å². The van der Waals surface area contributed by atoms with E-state index in [1.807, 2.05) is 54.1 Å². The molecule has 0 aliphatic heterocycles. The van der Waals surface area contributed by atoms with Crippen LogP contribution in [-0.2, 0) is 0 Å². The van der Waals surface area contributed by atoms with Crippen molar-refractivity contribution in [2.45, 2.75) is 20.8 Å². The summed E-state index contributed by atoms with van der Waals surface area (Å²) in [6.45, 7) is 7.78. The van der Waals surface area contributed by atoms with Gasteiger partial charge < -0.3 is 10.0 Å². The fourth-order valence-electron chi connectivity index (χ4n) is 3.55. The second-order valence-electron chi connectivity index (χ2n) is 7.28. The van der Waals surface area contributed by atoms with Crippen molar-refractivity contribution in [2.75, 3.05) is 18.0 Å². The molecule has 7 nitrogen and oxygen atoms in total. The number of aromatic hydroxyl groups is 1. The zero-order chi connectivity index (χ0) is 22.7. The second-order valence-corrected chi connectivity index (χ2v) is 8.31. The normalized spacial score (nSPS) is 11.3. The number of carbonyl (C=O) groups is 1. The van der Waals surface area contributed by atoms with Crippen LogP contribution in [0, 0.1) is 6.92 Å². The van der Waals surface area contributed by atoms with Gasteiger partial charge in [0.25, 0.3) is 5.91 Å². The van der Waals surface area contributed by atoms with Crippen molar-refractivity contribution in [1.82, 2.24) is 15.2 Å². The summed E-state index contributed by atoms with van der Waals surface area (Å²) in [5, 5.41) is 19.9. The number of hydrazone groups is 1. The number of phenols is 1. The van der Waals surface area contributed by atoms with Crippen LogP contribution in [0.1, 0.15) is 34.8 Å². The minimum Gasteiger partial charge on any atom is -0.507 e. The molecule has 0 radical (unpaired) electrons. The van der Waals surface area contributed by atoms with Gasteiger partial charge in [-0.3, -0.25) is 4.79 Å². The van der Waals surface area contributed by atoms with Gasteiger partial charge in [0.1, 0.15) is 10.6 Å². The van der Waals surface area contributed by atoms with Crippen LogP contribution < -0.4 is 10.3 Å². The Hall–Kier alpha value is -3.65. The van der Waals surface area contributed by atoms with Gasteiger partial charge in [0.15, 0.2) is 0 Å². The van der Waals surface area contributed by atoms with Gasteiger partial charge in [-0.2, -0.15) is 10.2 Å². The Bertz CT molecular complexity index is 1270. The van der Waals surface area contributed by atoms with Crippen molar-refractivity contribution in [3.05, 3.63) is 70.7 Å². The lowest BCUT2D eigenvalue weighted by molar-refractivity contribution is 0.0959. The smallest absolute Gasteiger partial charge is 0.281 e. The molecule has 1 amide bonds. The molecule has 0 aliphatic carbocycles. The predicted molar refractivity (Wildman–Crippen MR) is 130 cm³/mol. The van der Waals surface area contributed by atoms with Crippen molar-refractivity contribution in [1.29, 1.82) is 0 Å². The number of aryl methyl sites for hydroxylation is 1. The fraction of sp³-hybridized carbons (Fsp3) is 0.208. The largest absolute Gasteiger partial charge is 0.507 e. The Balaban J connectivity index is 1.51. The predicted octanol–water partition coefficient (Wildman–Crippen LogP) is 4.71. The van der Waals surface area contributed by atoms with E-state index in [0.717, 1.165) is 40.4 Å². The molecule has 4 rings (SSSR count). The average Bonchev–Trinajstić information content (AvgIpc) is 3.37. The van der Waals surface area contributed by atoms with E-state index in [2.05, 4.69) is 34.4 Å². The van der Waals surface area contributed by atoms with Gasteiger partial charge in [0.2, 0.25) is 0 Å². The van der Waals surface area contributed by atoms with Gasteiger partial charge in [-0.25, -0.2) is 10.1 Å². The molecule has 0 saturated heterocycles. The van der Waals surface area contributed by atoms with Crippen LogP contribution >= 0.6 is 11.3 Å². The molecule has 0 aliphatic rings. The number of amides is 1. The zero-order valence-electron chi connectivity index (χ0n) is 18.2. The van der Waals surface area contributed by atoms with E-state index in [1.54, 1.807) is 12.1 Å². The van der Waals surface area contributed by atoms with Crippen molar-refractivity contribution in [3.8, 4) is 11.4 Å². The van der Waals surface area contributed by atoms with Crippen LogP contribution in [0.2, 0.25) is 0 Å². The van der Waals surface area contributed by atoms with Crippen LogP contribution in [0.25, 0.3) is 15.9 Å². The van der Waals surface area contributed by atoms with Gasteiger partial charge in [-0.15, -0.1) is 11.3 Å². The first-order chi connectivity index (χ1) is 15.5. The van der Waals surface area contributed by atoms with Gasteiger partial charge in [0, 0.05) is 35.8 Å². The number of benzene rings is 2. The van der Waals surface area contributed by atoms with Crippen LogP contribution in [0.15, 0.2) is 59.7 Å². The third-order valence-electron chi connectivity index (χ3n) is 5.28.